The van der Waals surface area contributed by atoms with Crippen LogP contribution in [0.2, 0.25) is 0 Å². The number of furan rings is 1. The van der Waals surface area contributed by atoms with Gasteiger partial charge in [-0.2, -0.15) is 5.01 Å². The Morgan fingerprint density at radius 2 is 2.05 bits per heavy atom. The quantitative estimate of drug-likeness (QED) is 0.640. The summed E-state index contributed by atoms with van der Waals surface area (Å²) in [4.78, 5) is 21.8. The van der Waals surface area contributed by atoms with Gasteiger partial charge in [-0.15, -0.1) is 5.10 Å². The van der Waals surface area contributed by atoms with E-state index in [2.05, 4.69) is 5.10 Å². The molecule has 22 heavy (non-hydrogen) atoms. The van der Waals surface area contributed by atoms with E-state index in [1.807, 2.05) is 0 Å². The highest BCUT2D eigenvalue weighted by molar-refractivity contribution is 5.96. The third-order valence-electron chi connectivity index (χ3n) is 3.08. The Hall–Kier alpha value is -3.16. The number of nitrogens with zero attached hydrogens (tertiary/aromatic N) is 3. The molecule has 1 aromatic carbocycles. The minimum absolute atomic E-state index is 0.0339. The maximum atomic E-state index is 11.7. The lowest BCUT2D eigenvalue weighted by molar-refractivity contribution is -0.384. The number of ether oxygens (including phenoxy) is 1. The van der Waals surface area contributed by atoms with Crippen LogP contribution >= 0.6 is 0 Å². The van der Waals surface area contributed by atoms with Crippen molar-refractivity contribution in [2.45, 2.75) is 13.2 Å². The van der Waals surface area contributed by atoms with E-state index in [9.17, 15) is 14.9 Å². The lowest BCUT2D eigenvalue weighted by Gasteiger charge is -2.16. The number of hydrazone groups is 1. The van der Waals surface area contributed by atoms with Gasteiger partial charge in [0.15, 0.2) is 5.76 Å². The zero-order valence-electron chi connectivity index (χ0n) is 11.5. The largest absolute Gasteiger partial charge is 0.463 e. The van der Waals surface area contributed by atoms with Crippen molar-refractivity contribution in [2.75, 3.05) is 0 Å². The molecule has 1 aromatic heterocycles. The van der Waals surface area contributed by atoms with Gasteiger partial charge in [-0.05, 0) is 24.3 Å². The van der Waals surface area contributed by atoms with E-state index in [1.54, 1.807) is 12.1 Å². The molecule has 1 amide bonds. The number of rotatable bonds is 3. The first kappa shape index (κ1) is 13.8. The molecule has 0 spiro atoms. The van der Waals surface area contributed by atoms with Crippen LogP contribution < -0.4 is 0 Å². The monoisotopic (exact) mass is 301 g/mol. The van der Waals surface area contributed by atoms with Gasteiger partial charge in [-0.25, -0.2) is 0 Å². The van der Waals surface area contributed by atoms with Crippen LogP contribution in [0, 0.1) is 10.1 Å². The zero-order chi connectivity index (χ0) is 15.7. The number of carbonyl (C=O) groups excluding carboxylic acids is 1. The van der Waals surface area contributed by atoms with E-state index in [1.165, 1.54) is 37.5 Å². The second kappa shape index (κ2) is 5.32. The van der Waals surface area contributed by atoms with Crippen LogP contribution in [-0.4, -0.2) is 21.7 Å². The highest BCUT2D eigenvalue weighted by atomic mass is 16.6. The van der Waals surface area contributed by atoms with Gasteiger partial charge in [0.05, 0.1) is 11.2 Å². The molecular formula is C14H11N3O5. The normalized spacial score (nSPS) is 17.0. The molecule has 0 bridgehead atoms. The third-order valence-corrected chi connectivity index (χ3v) is 3.08. The Kier molecular flexibility index (Phi) is 3.34. The summed E-state index contributed by atoms with van der Waals surface area (Å²) in [6.45, 7) is 1.36. The third kappa shape index (κ3) is 2.41. The summed E-state index contributed by atoms with van der Waals surface area (Å²) < 4.78 is 10.9. The first-order valence-corrected chi connectivity index (χ1v) is 6.39. The van der Waals surface area contributed by atoms with Crippen LogP contribution in [0.4, 0.5) is 5.69 Å². The molecule has 0 aliphatic carbocycles. The Labute approximate surface area is 124 Å². The van der Waals surface area contributed by atoms with Crippen molar-refractivity contribution in [3.05, 3.63) is 64.1 Å². The summed E-state index contributed by atoms with van der Waals surface area (Å²) in [5.41, 5.74) is 0.499. The molecule has 1 aliphatic rings. The van der Waals surface area contributed by atoms with Gasteiger partial charge >= 0.3 is 0 Å². The maximum Gasteiger partial charge on any atom is 0.269 e. The van der Waals surface area contributed by atoms with Gasteiger partial charge in [0.2, 0.25) is 11.8 Å². The van der Waals surface area contributed by atoms with Crippen LogP contribution in [-0.2, 0) is 9.53 Å². The molecule has 0 unspecified atom stereocenters. The number of amides is 1. The molecule has 0 saturated heterocycles. The van der Waals surface area contributed by atoms with Crippen molar-refractivity contribution in [1.29, 1.82) is 0 Å². The molecule has 0 N–H and O–H groups in total. The van der Waals surface area contributed by atoms with E-state index >= 15 is 0 Å². The first-order chi connectivity index (χ1) is 10.6. The van der Waals surface area contributed by atoms with Crippen LogP contribution in [0.1, 0.15) is 24.5 Å². The van der Waals surface area contributed by atoms with Crippen LogP contribution in [0.5, 0.6) is 0 Å². The number of benzene rings is 1. The molecule has 2 aromatic rings. The average Bonchev–Trinajstić information content (AvgIpc) is 3.16. The summed E-state index contributed by atoms with van der Waals surface area (Å²) in [6.07, 6.45) is 0.693. The summed E-state index contributed by atoms with van der Waals surface area (Å²) in [5.74, 6) is 0.334. The average molecular weight is 301 g/mol. The smallest absolute Gasteiger partial charge is 0.269 e. The minimum atomic E-state index is -0.780. The maximum absolute atomic E-state index is 11.7. The zero-order valence-corrected chi connectivity index (χ0v) is 11.5. The van der Waals surface area contributed by atoms with Crippen LogP contribution in [0.15, 0.2) is 52.2 Å². The van der Waals surface area contributed by atoms with Crippen molar-refractivity contribution in [3.63, 3.8) is 0 Å². The highest BCUT2D eigenvalue weighted by Gasteiger charge is 2.34. The van der Waals surface area contributed by atoms with Gasteiger partial charge in [0.25, 0.3) is 11.9 Å². The molecule has 3 rings (SSSR count). The van der Waals surface area contributed by atoms with E-state index in [0.717, 1.165) is 5.01 Å². The van der Waals surface area contributed by atoms with Gasteiger partial charge in [-0.1, -0.05) is 0 Å². The number of nitro benzene ring substituents is 1. The molecule has 0 radical (unpaired) electrons. The molecule has 2 heterocycles. The number of carbonyl (C=O) groups is 1. The fourth-order valence-electron chi connectivity index (χ4n) is 2.03. The molecule has 112 valence electrons. The Morgan fingerprint density at radius 3 is 2.59 bits per heavy atom. The van der Waals surface area contributed by atoms with Crippen molar-refractivity contribution < 1.29 is 18.9 Å². The van der Waals surface area contributed by atoms with E-state index in [-0.39, 0.29) is 17.5 Å². The van der Waals surface area contributed by atoms with Crippen LogP contribution in [0.3, 0.4) is 0 Å². The van der Waals surface area contributed by atoms with Crippen molar-refractivity contribution in [3.8, 4) is 0 Å². The second-order valence-corrected chi connectivity index (χ2v) is 4.56. The molecule has 1 aliphatic heterocycles. The van der Waals surface area contributed by atoms with E-state index in [4.69, 9.17) is 9.15 Å². The summed E-state index contributed by atoms with van der Waals surface area (Å²) in [5, 5.41) is 15.9. The molecule has 8 nitrogen and oxygen atoms in total. The van der Waals surface area contributed by atoms with Gasteiger partial charge in [0, 0.05) is 24.6 Å². The lowest BCUT2D eigenvalue weighted by atomic mass is 10.2. The summed E-state index contributed by atoms with van der Waals surface area (Å²) in [6, 6.07) is 9.08. The fourth-order valence-corrected chi connectivity index (χ4v) is 2.03. The van der Waals surface area contributed by atoms with E-state index < -0.39 is 11.2 Å². The number of non-ortho nitro benzene ring substituents is 1. The van der Waals surface area contributed by atoms with Gasteiger partial charge < -0.3 is 9.15 Å². The fraction of sp³-hybridized carbons (Fsp3) is 0.143. The molecule has 1 atom stereocenters. The number of hydrogen-bond donors (Lipinski definition) is 0. The topological polar surface area (TPSA) is 98.2 Å². The molecule has 0 saturated carbocycles. The predicted octanol–water partition coefficient (Wildman–Crippen LogP) is 2.43. The standard InChI is InChI=1S/C14H11N3O5/c1-9(18)16-14(12-3-2-8-21-12)22-13(15-16)10-4-6-11(7-5-10)17(19)20/h2-8,14H,1H3/t14-/m1/s1. The SMILES string of the molecule is CC(=O)N1N=C(c2ccc([N+](=O)[O-])cc2)O[C@@H]1c1ccco1. The van der Waals surface area contributed by atoms with Crippen molar-refractivity contribution in [1.82, 2.24) is 5.01 Å². The molecule has 8 heteroatoms. The molecular weight excluding hydrogens is 290 g/mol. The Bertz CT molecular complexity index is 736. The second-order valence-electron chi connectivity index (χ2n) is 4.56. The highest BCUT2D eigenvalue weighted by Crippen LogP contribution is 2.30. The van der Waals surface area contributed by atoms with Crippen LogP contribution in [0.25, 0.3) is 0 Å². The number of hydrogen-bond acceptors (Lipinski definition) is 6. The summed E-state index contributed by atoms with van der Waals surface area (Å²) in [7, 11) is 0. The van der Waals surface area contributed by atoms with Crippen molar-refractivity contribution >= 4 is 17.5 Å². The lowest BCUT2D eigenvalue weighted by Crippen LogP contribution is -2.24. The Balaban J connectivity index is 1.90. The van der Waals surface area contributed by atoms with Crippen molar-refractivity contribution in [2.24, 2.45) is 5.10 Å². The predicted molar refractivity (Wildman–Crippen MR) is 74.7 cm³/mol. The summed E-state index contributed by atoms with van der Waals surface area (Å²) >= 11 is 0. The first-order valence-electron chi connectivity index (χ1n) is 6.39. The number of nitro groups is 1. The van der Waals surface area contributed by atoms with E-state index in [0.29, 0.717) is 11.3 Å². The van der Waals surface area contributed by atoms with Gasteiger partial charge in [-0.3, -0.25) is 14.9 Å². The minimum Gasteiger partial charge on any atom is -0.463 e. The van der Waals surface area contributed by atoms with Gasteiger partial charge in [0.1, 0.15) is 0 Å². The molecule has 0 fully saturated rings. The Morgan fingerprint density at radius 1 is 1.32 bits per heavy atom.